The first kappa shape index (κ1) is 8.44. The quantitative estimate of drug-likeness (QED) is 0.634. The van der Waals surface area contributed by atoms with Gasteiger partial charge in [0.15, 0.2) is 0 Å². The van der Waals surface area contributed by atoms with Crippen molar-refractivity contribution in [3.05, 3.63) is 20.9 Å². The minimum absolute atomic E-state index is 0.172. The monoisotopic (exact) mass is 195 g/mol. The fourth-order valence-corrected chi connectivity index (χ4v) is 2.59. The van der Waals surface area contributed by atoms with Crippen molar-refractivity contribution in [1.29, 1.82) is 0 Å². The third-order valence-electron chi connectivity index (χ3n) is 2.08. The van der Waals surface area contributed by atoms with Crippen LogP contribution in [0.2, 0.25) is 0 Å². The summed E-state index contributed by atoms with van der Waals surface area (Å²) in [5.41, 5.74) is 1.61. The molecule has 0 spiro atoms. The van der Waals surface area contributed by atoms with Crippen LogP contribution in [-0.4, -0.2) is 18.9 Å². The molecule has 4 heteroatoms. The molecule has 2 rings (SSSR count). The third kappa shape index (κ3) is 1.02. The van der Waals surface area contributed by atoms with Gasteiger partial charge in [0.05, 0.1) is 18.2 Å². The predicted molar refractivity (Wildman–Crippen MR) is 51.7 cm³/mol. The zero-order valence-corrected chi connectivity index (χ0v) is 8.49. The Morgan fingerprint density at radius 2 is 1.85 bits per heavy atom. The van der Waals surface area contributed by atoms with Crippen LogP contribution in [0.4, 0.5) is 0 Å². The minimum atomic E-state index is -0.172. The molecule has 0 N–H and O–H groups in total. The summed E-state index contributed by atoms with van der Waals surface area (Å²) in [6.07, 6.45) is 0. The summed E-state index contributed by atoms with van der Waals surface area (Å²) < 4.78 is 5.04. The molecule has 0 aliphatic carbocycles. The van der Waals surface area contributed by atoms with E-state index < -0.39 is 0 Å². The fourth-order valence-electron chi connectivity index (χ4n) is 1.55. The first-order valence-corrected chi connectivity index (χ1v) is 4.74. The Kier molecular flexibility index (Phi) is 1.73. The number of nitrogens with zero attached hydrogens (tertiary/aromatic N) is 1. The number of aliphatic imine (C=N–C) groups is 1. The zero-order chi connectivity index (χ0) is 9.59. The van der Waals surface area contributed by atoms with E-state index in [4.69, 9.17) is 4.74 Å². The van der Waals surface area contributed by atoms with Gasteiger partial charge in [-0.2, -0.15) is 4.99 Å². The first-order chi connectivity index (χ1) is 6.15. The number of rotatable bonds is 0. The molecule has 0 saturated heterocycles. The molecule has 2 heterocycles. The zero-order valence-electron chi connectivity index (χ0n) is 7.67. The van der Waals surface area contributed by atoms with Crippen molar-refractivity contribution in [2.45, 2.75) is 13.8 Å². The van der Waals surface area contributed by atoms with Crippen molar-refractivity contribution in [2.75, 3.05) is 7.11 Å². The molecule has 0 unspecified atom stereocenters. The summed E-state index contributed by atoms with van der Waals surface area (Å²) in [7, 11) is 1.54. The average molecular weight is 195 g/mol. The lowest BCUT2D eigenvalue weighted by Gasteiger charge is -1.97. The van der Waals surface area contributed by atoms with Crippen molar-refractivity contribution >= 4 is 23.1 Å². The smallest absolute Gasteiger partial charge is 0.282 e. The number of methoxy groups -OCH3 is 1. The van der Waals surface area contributed by atoms with Gasteiger partial charge in [-0.1, -0.05) is 0 Å². The molecule has 3 nitrogen and oxygen atoms in total. The average Bonchev–Trinajstić information content (AvgIpc) is 2.54. The summed E-state index contributed by atoms with van der Waals surface area (Å²) in [5.74, 6) is 0.288. The Balaban J connectivity index is 2.69. The number of fused-ring (bicyclic) bond motifs is 1. The number of ether oxygens (including phenoxy) is 1. The number of carbonyl (C=O) groups excluding carboxylic acids is 1. The van der Waals surface area contributed by atoms with Crippen molar-refractivity contribution in [2.24, 2.45) is 4.99 Å². The van der Waals surface area contributed by atoms with Crippen LogP contribution >= 0.6 is 11.3 Å². The van der Waals surface area contributed by atoms with Crippen LogP contribution in [0.25, 0.3) is 0 Å². The SMILES string of the molecule is COC1=NC(=O)c2c(C)sc(C)c21. The molecule has 1 aliphatic heterocycles. The number of thiophene rings is 1. The van der Waals surface area contributed by atoms with Gasteiger partial charge in [0.25, 0.3) is 5.91 Å². The maximum Gasteiger partial charge on any atom is 0.282 e. The molecule has 0 bridgehead atoms. The lowest BCUT2D eigenvalue weighted by atomic mass is 10.1. The van der Waals surface area contributed by atoms with Gasteiger partial charge in [0, 0.05) is 9.75 Å². The van der Waals surface area contributed by atoms with Gasteiger partial charge in [-0.15, -0.1) is 11.3 Å². The molecule has 0 aromatic carbocycles. The van der Waals surface area contributed by atoms with E-state index in [9.17, 15) is 4.79 Å². The maximum atomic E-state index is 11.4. The van der Waals surface area contributed by atoms with Crippen LogP contribution in [-0.2, 0) is 4.74 Å². The van der Waals surface area contributed by atoms with Crippen molar-refractivity contribution in [3.8, 4) is 0 Å². The second-order valence-corrected chi connectivity index (χ2v) is 4.32. The van der Waals surface area contributed by atoms with Crippen LogP contribution in [0.5, 0.6) is 0 Å². The van der Waals surface area contributed by atoms with Crippen molar-refractivity contribution in [1.82, 2.24) is 0 Å². The topological polar surface area (TPSA) is 38.7 Å². The lowest BCUT2D eigenvalue weighted by molar-refractivity contribution is 0.100. The van der Waals surface area contributed by atoms with Gasteiger partial charge in [-0.05, 0) is 13.8 Å². The van der Waals surface area contributed by atoms with E-state index in [1.54, 1.807) is 11.3 Å². The largest absolute Gasteiger partial charge is 0.480 e. The number of hydrogen-bond donors (Lipinski definition) is 0. The molecule has 0 radical (unpaired) electrons. The normalized spacial score (nSPS) is 14.4. The summed E-state index contributed by atoms with van der Waals surface area (Å²) in [4.78, 5) is 17.3. The molecular formula is C9H9NO2S. The van der Waals surface area contributed by atoms with Gasteiger partial charge in [0.2, 0.25) is 5.90 Å². The Morgan fingerprint density at radius 3 is 2.46 bits per heavy atom. The Bertz CT molecular complexity index is 417. The summed E-state index contributed by atoms with van der Waals surface area (Å²) in [6.45, 7) is 3.91. The van der Waals surface area contributed by atoms with E-state index in [-0.39, 0.29) is 5.91 Å². The molecule has 68 valence electrons. The molecule has 1 amide bonds. The van der Waals surface area contributed by atoms with Gasteiger partial charge in [0.1, 0.15) is 0 Å². The molecule has 1 aromatic rings. The number of aryl methyl sites for hydroxylation is 2. The highest BCUT2D eigenvalue weighted by Crippen LogP contribution is 2.32. The second kappa shape index (κ2) is 2.67. The van der Waals surface area contributed by atoms with Crippen LogP contribution in [0.15, 0.2) is 4.99 Å². The first-order valence-electron chi connectivity index (χ1n) is 3.92. The number of amides is 1. The van der Waals surface area contributed by atoms with Gasteiger partial charge in [-0.25, -0.2) is 0 Å². The predicted octanol–water partition coefficient (Wildman–Crippen LogP) is 1.91. The van der Waals surface area contributed by atoms with Crippen LogP contribution in [0.1, 0.15) is 25.7 Å². The highest BCUT2D eigenvalue weighted by molar-refractivity contribution is 7.12. The van der Waals surface area contributed by atoms with E-state index in [0.29, 0.717) is 5.90 Å². The van der Waals surface area contributed by atoms with Crippen LogP contribution < -0.4 is 0 Å². The van der Waals surface area contributed by atoms with Gasteiger partial charge >= 0.3 is 0 Å². The summed E-state index contributed by atoms with van der Waals surface area (Å²) >= 11 is 1.61. The number of carbonyl (C=O) groups is 1. The van der Waals surface area contributed by atoms with Crippen molar-refractivity contribution < 1.29 is 9.53 Å². The van der Waals surface area contributed by atoms with Crippen molar-refractivity contribution in [3.63, 3.8) is 0 Å². The van der Waals surface area contributed by atoms with E-state index >= 15 is 0 Å². The molecule has 0 fully saturated rings. The lowest BCUT2D eigenvalue weighted by Crippen LogP contribution is -2.00. The molecular weight excluding hydrogens is 186 g/mol. The van der Waals surface area contributed by atoms with E-state index in [1.165, 1.54) is 7.11 Å². The molecule has 1 aliphatic rings. The molecule has 13 heavy (non-hydrogen) atoms. The summed E-state index contributed by atoms with van der Waals surface area (Å²) in [6, 6.07) is 0. The fraction of sp³-hybridized carbons (Fsp3) is 0.333. The van der Waals surface area contributed by atoms with Gasteiger partial charge < -0.3 is 4.74 Å². The maximum absolute atomic E-state index is 11.4. The second-order valence-electron chi connectivity index (χ2n) is 2.89. The highest BCUT2D eigenvalue weighted by Gasteiger charge is 2.29. The Morgan fingerprint density at radius 1 is 1.23 bits per heavy atom. The Hall–Kier alpha value is -1.16. The molecule has 1 aromatic heterocycles. The van der Waals surface area contributed by atoms with Gasteiger partial charge in [-0.3, -0.25) is 4.79 Å². The standard InChI is InChI=1S/C9H9NO2S/c1-4-6-7(5(2)13-4)9(12-3)10-8(6)11/h1-3H3. The van der Waals surface area contributed by atoms with E-state index in [0.717, 1.165) is 20.9 Å². The van der Waals surface area contributed by atoms with Crippen LogP contribution in [0, 0.1) is 13.8 Å². The Labute approximate surface area is 80.1 Å². The molecule has 0 saturated carbocycles. The van der Waals surface area contributed by atoms with E-state index in [1.807, 2.05) is 13.8 Å². The van der Waals surface area contributed by atoms with Crippen LogP contribution in [0.3, 0.4) is 0 Å². The number of hydrogen-bond acceptors (Lipinski definition) is 3. The highest BCUT2D eigenvalue weighted by atomic mass is 32.1. The van der Waals surface area contributed by atoms with E-state index in [2.05, 4.69) is 4.99 Å². The summed E-state index contributed by atoms with van der Waals surface area (Å²) in [5, 5.41) is 0. The third-order valence-corrected chi connectivity index (χ3v) is 3.11. The minimum Gasteiger partial charge on any atom is -0.480 e. The molecule has 0 atom stereocenters.